The van der Waals surface area contributed by atoms with Gasteiger partial charge < -0.3 is 5.11 Å². The molecule has 0 aliphatic carbocycles. The van der Waals surface area contributed by atoms with Gasteiger partial charge in [-0.2, -0.15) is 0 Å². The summed E-state index contributed by atoms with van der Waals surface area (Å²) in [5.74, 6) is 5.07. The van der Waals surface area contributed by atoms with Crippen molar-refractivity contribution in [3.05, 3.63) is 66.0 Å². The number of aryl methyl sites for hydroxylation is 1. The van der Waals surface area contributed by atoms with Gasteiger partial charge in [0.25, 0.3) is 0 Å². The summed E-state index contributed by atoms with van der Waals surface area (Å²) in [6.45, 7) is 0.526. The first-order valence-electron chi connectivity index (χ1n) is 7.34. The molecule has 0 amide bonds. The first kappa shape index (κ1) is 16.1. The summed E-state index contributed by atoms with van der Waals surface area (Å²) in [5.41, 5.74) is 2.10. The number of aliphatic carboxylic acids is 1. The molecule has 0 aliphatic heterocycles. The first-order valence-corrected chi connectivity index (χ1v) is 7.34. The van der Waals surface area contributed by atoms with Gasteiger partial charge in [-0.3, -0.25) is 15.6 Å². The number of pyridine rings is 1. The fourth-order valence-corrected chi connectivity index (χ4v) is 2.35. The molecule has 5 heteroatoms. The summed E-state index contributed by atoms with van der Waals surface area (Å²) in [6, 6.07) is 12.7. The van der Waals surface area contributed by atoms with Crippen LogP contribution in [0.2, 0.25) is 0 Å². The van der Waals surface area contributed by atoms with Crippen LogP contribution in [-0.4, -0.2) is 33.7 Å². The number of benzene rings is 1. The average molecular weight is 299 g/mol. The van der Waals surface area contributed by atoms with E-state index in [1.807, 2.05) is 48.7 Å². The van der Waals surface area contributed by atoms with Crippen molar-refractivity contribution in [3.8, 4) is 0 Å². The maximum atomic E-state index is 11.4. The van der Waals surface area contributed by atoms with Gasteiger partial charge in [-0.25, -0.2) is 5.01 Å². The Hall–Kier alpha value is -2.24. The summed E-state index contributed by atoms with van der Waals surface area (Å²) >= 11 is 0. The first-order chi connectivity index (χ1) is 10.7. The number of rotatable bonds is 8. The second-order valence-electron chi connectivity index (χ2n) is 5.25. The normalized spacial score (nSPS) is 12.3. The van der Waals surface area contributed by atoms with Gasteiger partial charge in [-0.1, -0.05) is 36.4 Å². The lowest BCUT2D eigenvalue weighted by Crippen LogP contribution is -2.47. The quantitative estimate of drug-likeness (QED) is 0.575. The van der Waals surface area contributed by atoms with Crippen LogP contribution >= 0.6 is 0 Å². The van der Waals surface area contributed by atoms with E-state index in [0.717, 1.165) is 24.0 Å². The van der Waals surface area contributed by atoms with Gasteiger partial charge in [-0.05, 0) is 36.5 Å². The van der Waals surface area contributed by atoms with Crippen LogP contribution in [0.25, 0.3) is 0 Å². The van der Waals surface area contributed by atoms with Gasteiger partial charge in [0.2, 0.25) is 0 Å². The molecule has 5 nitrogen and oxygen atoms in total. The average Bonchev–Trinajstić information content (AvgIpc) is 2.54. The molecule has 116 valence electrons. The molecule has 0 aliphatic rings. The SMILES string of the molecule is NN(CCCc1cccnc1)C(Cc1ccccc1)C(=O)O. The van der Waals surface area contributed by atoms with Crippen LogP contribution < -0.4 is 5.84 Å². The molecule has 0 saturated carbocycles. The molecule has 0 bridgehead atoms. The molecular weight excluding hydrogens is 278 g/mol. The van der Waals surface area contributed by atoms with E-state index < -0.39 is 12.0 Å². The standard InChI is InChI=1S/C17H21N3O2/c18-20(11-5-9-15-8-4-10-19-13-15)16(17(21)22)12-14-6-2-1-3-7-14/h1-4,6-8,10,13,16H,5,9,11-12,18H2,(H,21,22). The third-order valence-corrected chi connectivity index (χ3v) is 3.56. The Bertz CT molecular complexity index is 575. The number of hydrogen-bond donors (Lipinski definition) is 2. The second kappa shape index (κ2) is 8.26. The molecular formula is C17H21N3O2. The minimum atomic E-state index is -0.896. The van der Waals surface area contributed by atoms with Crippen molar-refractivity contribution < 1.29 is 9.90 Å². The van der Waals surface area contributed by atoms with Gasteiger partial charge in [0, 0.05) is 18.9 Å². The topological polar surface area (TPSA) is 79.5 Å². The summed E-state index contributed by atoms with van der Waals surface area (Å²) < 4.78 is 0. The Kier molecular flexibility index (Phi) is 6.06. The minimum absolute atomic E-state index is 0.402. The van der Waals surface area contributed by atoms with Gasteiger partial charge in [0.1, 0.15) is 6.04 Å². The fraction of sp³-hybridized carbons (Fsp3) is 0.294. The zero-order valence-electron chi connectivity index (χ0n) is 12.4. The molecule has 3 N–H and O–H groups in total. The summed E-state index contributed by atoms with van der Waals surface area (Å²) in [6.07, 6.45) is 5.58. The lowest BCUT2D eigenvalue weighted by molar-refractivity contribution is -0.143. The van der Waals surface area contributed by atoms with E-state index in [1.54, 1.807) is 6.20 Å². The molecule has 0 fully saturated rings. The van der Waals surface area contributed by atoms with Crippen LogP contribution in [-0.2, 0) is 17.6 Å². The van der Waals surface area contributed by atoms with Crippen molar-refractivity contribution in [2.45, 2.75) is 25.3 Å². The molecule has 2 rings (SSSR count). The number of aromatic nitrogens is 1. The summed E-state index contributed by atoms with van der Waals surface area (Å²) in [5, 5.41) is 10.8. The number of carboxylic acid groups (broad SMARTS) is 1. The number of carboxylic acids is 1. The number of nitrogens with zero attached hydrogens (tertiary/aromatic N) is 2. The van der Waals surface area contributed by atoms with Crippen molar-refractivity contribution in [2.75, 3.05) is 6.54 Å². The summed E-state index contributed by atoms with van der Waals surface area (Å²) in [4.78, 5) is 15.5. The van der Waals surface area contributed by atoms with Crippen LogP contribution in [0, 0.1) is 0 Å². The van der Waals surface area contributed by atoms with Gasteiger partial charge in [0.05, 0.1) is 0 Å². The maximum Gasteiger partial charge on any atom is 0.322 e. The lowest BCUT2D eigenvalue weighted by Gasteiger charge is -2.24. The molecule has 0 radical (unpaired) electrons. The van der Waals surface area contributed by atoms with E-state index >= 15 is 0 Å². The van der Waals surface area contributed by atoms with Gasteiger partial charge in [-0.15, -0.1) is 0 Å². The highest BCUT2D eigenvalue weighted by atomic mass is 16.4. The highest BCUT2D eigenvalue weighted by Crippen LogP contribution is 2.09. The Morgan fingerprint density at radius 2 is 1.91 bits per heavy atom. The van der Waals surface area contributed by atoms with Crippen LogP contribution in [0.1, 0.15) is 17.5 Å². The predicted octanol–water partition coefficient (Wildman–Crippen LogP) is 1.89. The molecule has 2 aromatic rings. The minimum Gasteiger partial charge on any atom is -0.480 e. The van der Waals surface area contributed by atoms with E-state index in [4.69, 9.17) is 5.84 Å². The van der Waals surface area contributed by atoms with Crippen molar-refractivity contribution in [1.82, 2.24) is 9.99 Å². The third-order valence-electron chi connectivity index (χ3n) is 3.56. The highest BCUT2D eigenvalue weighted by molar-refractivity contribution is 5.73. The molecule has 0 saturated heterocycles. The highest BCUT2D eigenvalue weighted by Gasteiger charge is 2.23. The zero-order valence-corrected chi connectivity index (χ0v) is 12.4. The van der Waals surface area contributed by atoms with Crippen LogP contribution in [0.4, 0.5) is 0 Å². The largest absolute Gasteiger partial charge is 0.480 e. The number of nitrogens with two attached hydrogens (primary N) is 1. The van der Waals surface area contributed by atoms with Crippen LogP contribution in [0.3, 0.4) is 0 Å². The van der Waals surface area contributed by atoms with Gasteiger partial charge in [0.15, 0.2) is 0 Å². The summed E-state index contributed by atoms with van der Waals surface area (Å²) in [7, 11) is 0. The molecule has 1 unspecified atom stereocenters. The fourth-order valence-electron chi connectivity index (χ4n) is 2.35. The van der Waals surface area contributed by atoms with E-state index in [2.05, 4.69) is 4.98 Å². The molecule has 1 atom stereocenters. The molecule has 1 aromatic heterocycles. The van der Waals surface area contributed by atoms with Crippen molar-refractivity contribution in [3.63, 3.8) is 0 Å². The molecule has 0 spiro atoms. The zero-order chi connectivity index (χ0) is 15.8. The molecule has 22 heavy (non-hydrogen) atoms. The Morgan fingerprint density at radius 1 is 1.18 bits per heavy atom. The number of hydrogen-bond acceptors (Lipinski definition) is 4. The predicted molar refractivity (Wildman–Crippen MR) is 85.0 cm³/mol. The van der Waals surface area contributed by atoms with Crippen molar-refractivity contribution in [1.29, 1.82) is 0 Å². The Labute approximate surface area is 130 Å². The second-order valence-corrected chi connectivity index (χ2v) is 5.25. The Balaban J connectivity index is 1.87. The number of hydrazine groups is 1. The van der Waals surface area contributed by atoms with E-state index in [0.29, 0.717) is 13.0 Å². The van der Waals surface area contributed by atoms with Crippen molar-refractivity contribution in [2.24, 2.45) is 5.84 Å². The van der Waals surface area contributed by atoms with E-state index in [9.17, 15) is 9.90 Å². The van der Waals surface area contributed by atoms with Crippen molar-refractivity contribution >= 4 is 5.97 Å². The number of carbonyl (C=O) groups is 1. The smallest absolute Gasteiger partial charge is 0.322 e. The molecule has 1 heterocycles. The van der Waals surface area contributed by atoms with Crippen LogP contribution in [0.15, 0.2) is 54.9 Å². The van der Waals surface area contributed by atoms with E-state index in [1.165, 1.54) is 5.01 Å². The Morgan fingerprint density at radius 3 is 2.55 bits per heavy atom. The maximum absolute atomic E-state index is 11.4. The third kappa shape index (κ3) is 4.95. The monoisotopic (exact) mass is 299 g/mol. The lowest BCUT2D eigenvalue weighted by atomic mass is 10.1. The van der Waals surface area contributed by atoms with Crippen LogP contribution in [0.5, 0.6) is 0 Å². The molecule has 1 aromatic carbocycles. The van der Waals surface area contributed by atoms with E-state index in [-0.39, 0.29) is 0 Å². The van der Waals surface area contributed by atoms with Gasteiger partial charge >= 0.3 is 5.97 Å².